The van der Waals surface area contributed by atoms with Crippen LogP contribution < -0.4 is 5.32 Å². The van der Waals surface area contributed by atoms with Crippen molar-refractivity contribution in [3.63, 3.8) is 0 Å². The van der Waals surface area contributed by atoms with E-state index in [-0.39, 0.29) is 5.82 Å². The predicted octanol–water partition coefficient (Wildman–Crippen LogP) is 2.59. The van der Waals surface area contributed by atoms with Crippen molar-refractivity contribution in [3.05, 3.63) is 36.3 Å². The van der Waals surface area contributed by atoms with Crippen molar-refractivity contribution in [2.75, 3.05) is 11.9 Å². The summed E-state index contributed by atoms with van der Waals surface area (Å²) < 4.78 is 13.3. The Kier molecular flexibility index (Phi) is 2.83. The van der Waals surface area contributed by atoms with Crippen LogP contribution in [0.5, 0.6) is 0 Å². The van der Waals surface area contributed by atoms with E-state index in [1.54, 1.807) is 12.3 Å². The molecule has 0 aliphatic heterocycles. The highest BCUT2D eigenvalue weighted by molar-refractivity contribution is 5.90. The first-order valence-electron chi connectivity index (χ1n) is 5.99. The molecule has 3 rings (SSSR count). The minimum Gasteiger partial charge on any atom is -0.354 e. The molecule has 0 saturated heterocycles. The van der Waals surface area contributed by atoms with Crippen LogP contribution in [0.3, 0.4) is 0 Å². The third kappa shape index (κ3) is 2.12. The number of hydrogen-bond donors (Lipinski definition) is 2. The monoisotopic (exact) mass is 257 g/mol. The molecular weight excluding hydrogens is 245 g/mol. The Bertz CT molecular complexity index is 722. The van der Waals surface area contributed by atoms with Gasteiger partial charge >= 0.3 is 0 Å². The van der Waals surface area contributed by atoms with E-state index in [1.165, 1.54) is 12.1 Å². The van der Waals surface area contributed by atoms with Gasteiger partial charge < -0.3 is 5.32 Å². The van der Waals surface area contributed by atoms with Crippen molar-refractivity contribution in [3.8, 4) is 11.3 Å². The van der Waals surface area contributed by atoms with Gasteiger partial charge in [-0.2, -0.15) is 10.1 Å². The van der Waals surface area contributed by atoms with Gasteiger partial charge in [0.05, 0.1) is 17.3 Å². The Morgan fingerprint density at radius 3 is 3.00 bits per heavy atom. The van der Waals surface area contributed by atoms with Gasteiger partial charge in [0.25, 0.3) is 0 Å². The SMILES string of the molecule is CCNc1nc(-c2cccc(F)c2)c2cn[nH]c2n1. The molecule has 0 bridgehead atoms. The summed E-state index contributed by atoms with van der Waals surface area (Å²) in [6, 6.07) is 6.33. The zero-order valence-corrected chi connectivity index (χ0v) is 10.3. The van der Waals surface area contributed by atoms with E-state index in [0.29, 0.717) is 29.4 Å². The number of benzene rings is 1. The fourth-order valence-corrected chi connectivity index (χ4v) is 1.93. The summed E-state index contributed by atoms with van der Waals surface area (Å²) in [6.45, 7) is 2.67. The number of rotatable bonds is 3. The Morgan fingerprint density at radius 2 is 2.21 bits per heavy atom. The molecule has 19 heavy (non-hydrogen) atoms. The van der Waals surface area contributed by atoms with Gasteiger partial charge in [-0.15, -0.1) is 0 Å². The van der Waals surface area contributed by atoms with Crippen LogP contribution in [0.4, 0.5) is 10.3 Å². The van der Waals surface area contributed by atoms with Crippen molar-refractivity contribution < 1.29 is 4.39 Å². The summed E-state index contributed by atoms with van der Waals surface area (Å²) in [6.07, 6.45) is 1.64. The highest BCUT2D eigenvalue weighted by Gasteiger charge is 2.11. The quantitative estimate of drug-likeness (QED) is 0.756. The minimum absolute atomic E-state index is 0.294. The van der Waals surface area contributed by atoms with Gasteiger partial charge in [-0.3, -0.25) is 5.10 Å². The van der Waals surface area contributed by atoms with Crippen LogP contribution in [0.25, 0.3) is 22.3 Å². The molecule has 0 aliphatic rings. The van der Waals surface area contributed by atoms with E-state index in [2.05, 4.69) is 25.5 Å². The predicted molar refractivity (Wildman–Crippen MR) is 71.2 cm³/mol. The van der Waals surface area contributed by atoms with Gasteiger partial charge in [-0.05, 0) is 19.1 Å². The van der Waals surface area contributed by atoms with Crippen molar-refractivity contribution in [1.29, 1.82) is 0 Å². The first-order chi connectivity index (χ1) is 9.28. The molecule has 0 atom stereocenters. The van der Waals surface area contributed by atoms with Crippen molar-refractivity contribution in [1.82, 2.24) is 20.2 Å². The maximum atomic E-state index is 13.3. The summed E-state index contributed by atoms with van der Waals surface area (Å²) in [5.41, 5.74) is 1.99. The lowest BCUT2D eigenvalue weighted by Crippen LogP contribution is -2.03. The average molecular weight is 257 g/mol. The van der Waals surface area contributed by atoms with Crippen LogP contribution in [-0.4, -0.2) is 26.7 Å². The maximum absolute atomic E-state index is 13.3. The van der Waals surface area contributed by atoms with E-state index in [9.17, 15) is 4.39 Å². The first kappa shape index (κ1) is 11.6. The number of H-pyrrole nitrogens is 1. The average Bonchev–Trinajstić information content (AvgIpc) is 2.86. The number of anilines is 1. The lowest BCUT2D eigenvalue weighted by Gasteiger charge is -2.06. The highest BCUT2D eigenvalue weighted by Crippen LogP contribution is 2.26. The number of halogens is 1. The van der Waals surface area contributed by atoms with Crippen LogP contribution in [0.1, 0.15) is 6.92 Å². The summed E-state index contributed by atoms with van der Waals surface area (Å²) in [4.78, 5) is 8.72. The lowest BCUT2D eigenvalue weighted by molar-refractivity contribution is 0.628. The number of nitrogens with zero attached hydrogens (tertiary/aromatic N) is 3. The Labute approximate surface area is 108 Å². The zero-order valence-electron chi connectivity index (χ0n) is 10.3. The van der Waals surface area contributed by atoms with E-state index in [4.69, 9.17) is 0 Å². The third-order valence-corrected chi connectivity index (χ3v) is 2.74. The van der Waals surface area contributed by atoms with Gasteiger partial charge in [0.2, 0.25) is 5.95 Å². The second-order valence-corrected chi connectivity index (χ2v) is 4.07. The topological polar surface area (TPSA) is 66.5 Å². The van der Waals surface area contributed by atoms with Crippen molar-refractivity contribution in [2.24, 2.45) is 0 Å². The molecule has 0 aliphatic carbocycles. The summed E-state index contributed by atoms with van der Waals surface area (Å²) >= 11 is 0. The zero-order chi connectivity index (χ0) is 13.2. The summed E-state index contributed by atoms with van der Waals surface area (Å²) in [7, 11) is 0. The van der Waals surface area contributed by atoms with Gasteiger partial charge in [-0.25, -0.2) is 9.37 Å². The molecule has 0 radical (unpaired) electrons. The van der Waals surface area contributed by atoms with Crippen molar-refractivity contribution >= 4 is 17.0 Å². The number of hydrogen-bond acceptors (Lipinski definition) is 4. The molecule has 0 unspecified atom stereocenters. The Hall–Kier alpha value is -2.50. The smallest absolute Gasteiger partial charge is 0.225 e. The van der Waals surface area contributed by atoms with Crippen LogP contribution in [0, 0.1) is 5.82 Å². The minimum atomic E-state index is -0.294. The lowest BCUT2D eigenvalue weighted by atomic mass is 10.1. The van der Waals surface area contributed by atoms with E-state index < -0.39 is 0 Å². The summed E-state index contributed by atoms with van der Waals surface area (Å²) in [5, 5.41) is 10.6. The van der Waals surface area contributed by atoms with Crippen LogP contribution in [-0.2, 0) is 0 Å². The maximum Gasteiger partial charge on any atom is 0.225 e. The van der Waals surface area contributed by atoms with E-state index >= 15 is 0 Å². The van der Waals surface area contributed by atoms with Crippen molar-refractivity contribution in [2.45, 2.75) is 6.92 Å². The van der Waals surface area contributed by atoms with Crippen LogP contribution in [0.15, 0.2) is 30.5 Å². The van der Waals surface area contributed by atoms with E-state index in [1.807, 2.05) is 13.0 Å². The molecule has 5 nitrogen and oxygen atoms in total. The number of nitrogens with one attached hydrogen (secondary N) is 2. The molecule has 0 fully saturated rings. The second-order valence-electron chi connectivity index (χ2n) is 4.07. The molecule has 2 heterocycles. The number of fused-ring (bicyclic) bond motifs is 1. The molecule has 2 N–H and O–H groups in total. The molecule has 0 amide bonds. The van der Waals surface area contributed by atoms with E-state index in [0.717, 1.165) is 5.39 Å². The summed E-state index contributed by atoms with van der Waals surface area (Å²) in [5.74, 6) is 0.205. The third-order valence-electron chi connectivity index (χ3n) is 2.74. The molecule has 0 saturated carbocycles. The Balaban J connectivity index is 2.23. The molecule has 1 aromatic carbocycles. The van der Waals surface area contributed by atoms with Crippen LogP contribution >= 0.6 is 0 Å². The van der Waals surface area contributed by atoms with Crippen LogP contribution in [0.2, 0.25) is 0 Å². The highest BCUT2D eigenvalue weighted by atomic mass is 19.1. The number of aromatic amines is 1. The second kappa shape index (κ2) is 4.64. The standard InChI is InChI=1S/C13H12FN5/c1-2-15-13-17-11(8-4-3-5-9(14)6-8)10-7-16-19-12(10)18-13/h3-7H,2H2,1H3,(H2,15,16,17,18,19). The van der Waals surface area contributed by atoms with Gasteiger partial charge in [0, 0.05) is 12.1 Å². The molecule has 2 aromatic heterocycles. The van der Waals surface area contributed by atoms with Gasteiger partial charge in [-0.1, -0.05) is 12.1 Å². The largest absolute Gasteiger partial charge is 0.354 e. The Morgan fingerprint density at radius 1 is 1.32 bits per heavy atom. The molecule has 3 aromatic rings. The molecule has 0 spiro atoms. The fourth-order valence-electron chi connectivity index (χ4n) is 1.93. The molecular formula is C13H12FN5. The number of aromatic nitrogens is 4. The van der Waals surface area contributed by atoms with Gasteiger partial charge in [0.1, 0.15) is 5.82 Å². The molecule has 6 heteroatoms. The normalized spacial score (nSPS) is 10.8. The first-order valence-corrected chi connectivity index (χ1v) is 5.99. The molecule has 96 valence electrons. The fraction of sp³-hybridized carbons (Fsp3) is 0.154. The van der Waals surface area contributed by atoms with Gasteiger partial charge in [0.15, 0.2) is 5.65 Å².